The van der Waals surface area contributed by atoms with Crippen molar-refractivity contribution in [3.8, 4) is 0 Å². The summed E-state index contributed by atoms with van der Waals surface area (Å²) in [4.78, 5) is 14.6. The third-order valence-electron chi connectivity index (χ3n) is 4.80. The fraction of sp³-hybridized carbons (Fsp3) is 0.833. The van der Waals surface area contributed by atoms with E-state index in [9.17, 15) is 4.79 Å². The molecule has 2 rings (SSSR count). The second-order valence-corrected chi connectivity index (χ2v) is 8.96. The first-order valence-corrected chi connectivity index (χ1v) is 9.63. The molecule has 132 valence electrons. The highest BCUT2D eigenvalue weighted by Gasteiger charge is 2.40. The maximum Gasteiger partial charge on any atom is 0.410 e. The summed E-state index contributed by atoms with van der Waals surface area (Å²) in [5.74, 6) is 0.523. The first-order valence-electron chi connectivity index (χ1n) is 8.84. The minimum Gasteiger partial charge on any atom is -0.444 e. The number of hydrogen-bond donors (Lipinski definition) is 1. The molecule has 3 atom stereocenters. The van der Waals surface area contributed by atoms with E-state index in [0.717, 1.165) is 30.4 Å². The van der Waals surface area contributed by atoms with Gasteiger partial charge in [-0.1, -0.05) is 28.9 Å². The SMILES string of the molecule is C=C(Br)CNC1CCCC1C1CCCCN1C(=O)OC(C)(C)C. The number of carbonyl (C=O) groups is 1. The molecule has 0 radical (unpaired) electrons. The van der Waals surface area contributed by atoms with Crippen LogP contribution >= 0.6 is 15.9 Å². The van der Waals surface area contributed by atoms with Crippen molar-refractivity contribution in [2.75, 3.05) is 13.1 Å². The molecule has 1 N–H and O–H groups in total. The van der Waals surface area contributed by atoms with Crippen molar-refractivity contribution in [2.45, 2.75) is 77.0 Å². The van der Waals surface area contributed by atoms with Crippen LogP contribution < -0.4 is 5.32 Å². The smallest absolute Gasteiger partial charge is 0.410 e. The van der Waals surface area contributed by atoms with E-state index in [0.29, 0.717) is 18.0 Å². The van der Waals surface area contributed by atoms with E-state index < -0.39 is 5.60 Å². The Balaban J connectivity index is 2.04. The van der Waals surface area contributed by atoms with Gasteiger partial charge in [-0.25, -0.2) is 4.79 Å². The Morgan fingerprint density at radius 2 is 2.00 bits per heavy atom. The van der Waals surface area contributed by atoms with Gasteiger partial charge in [0.15, 0.2) is 0 Å². The molecule has 1 amide bonds. The molecule has 2 fully saturated rings. The first-order chi connectivity index (χ1) is 10.8. The molecule has 0 bridgehead atoms. The van der Waals surface area contributed by atoms with Crippen LogP contribution in [0.15, 0.2) is 11.1 Å². The number of rotatable bonds is 4. The number of hydrogen-bond acceptors (Lipinski definition) is 3. The van der Waals surface area contributed by atoms with Crippen LogP contribution in [-0.4, -0.2) is 41.8 Å². The monoisotopic (exact) mass is 386 g/mol. The lowest BCUT2D eigenvalue weighted by Crippen LogP contribution is -2.52. The molecule has 5 heteroatoms. The Morgan fingerprint density at radius 3 is 2.65 bits per heavy atom. The Kier molecular flexibility index (Phi) is 6.55. The predicted molar refractivity (Wildman–Crippen MR) is 97.8 cm³/mol. The van der Waals surface area contributed by atoms with Crippen LogP contribution in [0.2, 0.25) is 0 Å². The molecule has 1 aliphatic carbocycles. The molecule has 3 unspecified atom stereocenters. The number of likely N-dealkylation sites (tertiary alicyclic amines) is 1. The van der Waals surface area contributed by atoms with Gasteiger partial charge in [0.2, 0.25) is 0 Å². The van der Waals surface area contributed by atoms with Gasteiger partial charge in [0.1, 0.15) is 5.60 Å². The average Bonchev–Trinajstić information content (AvgIpc) is 2.91. The van der Waals surface area contributed by atoms with Gasteiger partial charge >= 0.3 is 6.09 Å². The van der Waals surface area contributed by atoms with Crippen molar-refractivity contribution in [2.24, 2.45) is 5.92 Å². The van der Waals surface area contributed by atoms with Crippen molar-refractivity contribution >= 4 is 22.0 Å². The summed E-state index contributed by atoms with van der Waals surface area (Å²) in [7, 11) is 0. The summed E-state index contributed by atoms with van der Waals surface area (Å²) in [5, 5.41) is 3.61. The van der Waals surface area contributed by atoms with E-state index in [1.54, 1.807) is 0 Å². The number of ether oxygens (including phenoxy) is 1. The van der Waals surface area contributed by atoms with Gasteiger partial charge in [0.05, 0.1) is 0 Å². The molecule has 0 aromatic carbocycles. The fourth-order valence-electron chi connectivity index (χ4n) is 3.89. The molecule has 0 spiro atoms. The first kappa shape index (κ1) is 18.8. The summed E-state index contributed by atoms with van der Waals surface area (Å²) < 4.78 is 6.63. The van der Waals surface area contributed by atoms with E-state index in [2.05, 4.69) is 27.8 Å². The Morgan fingerprint density at radius 1 is 1.26 bits per heavy atom. The third-order valence-corrected chi connectivity index (χ3v) is 5.08. The Bertz CT molecular complexity index is 433. The zero-order valence-corrected chi connectivity index (χ0v) is 16.3. The number of nitrogens with zero attached hydrogens (tertiary/aromatic N) is 1. The Hall–Kier alpha value is -0.550. The second kappa shape index (κ2) is 8.02. The highest BCUT2D eigenvalue weighted by Crippen LogP contribution is 2.36. The number of carbonyl (C=O) groups excluding carboxylic acids is 1. The van der Waals surface area contributed by atoms with Gasteiger partial charge in [0.25, 0.3) is 0 Å². The number of amides is 1. The van der Waals surface area contributed by atoms with Crippen LogP contribution in [0.4, 0.5) is 4.79 Å². The maximum absolute atomic E-state index is 12.6. The highest BCUT2D eigenvalue weighted by molar-refractivity contribution is 9.11. The minimum absolute atomic E-state index is 0.141. The van der Waals surface area contributed by atoms with Crippen LogP contribution in [0.1, 0.15) is 59.3 Å². The molecule has 4 nitrogen and oxygen atoms in total. The lowest BCUT2D eigenvalue weighted by atomic mass is 9.87. The zero-order chi connectivity index (χ0) is 17.0. The van der Waals surface area contributed by atoms with Crippen molar-refractivity contribution < 1.29 is 9.53 Å². The molecule has 0 aromatic rings. The van der Waals surface area contributed by atoms with Gasteiger partial charge in [-0.05, 0) is 58.8 Å². The van der Waals surface area contributed by atoms with Crippen molar-refractivity contribution in [3.05, 3.63) is 11.1 Å². The van der Waals surface area contributed by atoms with Gasteiger partial charge in [-0.2, -0.15) is 0 Å². The van der Waals surface area contributed by atoms with Crippen molar-refractivity contribution in [1.29, 1.82) is 0 Å². The van der Waals surface area contributed by atoms with Gasteiger partial charge in [-0.3, -0.25) is 0 Å². The summed E-state index contributed by atoms with van der Waals surface area (Å²) in [6.07, 6.45) is 6.85. The fourth-order valence-corrected chi connectivity index (χ4v) is 4.06. The summed E-state index contributed by atoms with van der Waals surface area (Å²) >= 11 is 3.42. The van der Waals surface area contributed by atoms with Gasteiger partial charge < -0.3 is 15.0 Å². The van der Waals surface area contributed by atoms with Crippen LogP contribution in [0, 0.1) is 5.92 Å². The second-order valence-electron chi connectivity index (χ2n) is 7.84. The number of piperidine rings is 1. The van der Waals surface area contributed by atoms with E-state index in [1.165, 1.54) is 25.7 Å². The van der Waals surface area contributed by atoms with E-state index in [4.69, 9.17) is 4.74 Å². The topological polar surface area (TPSA) is 41.6 Å². The van der Waals surface area contributed by atoms with Crippen molar-refractivity contribution in [1.82, 2.24) is 10.2 Å². The Labute approximate surface area is 149 Å². The molecule has 1 aliphatic heterocycles. The lowest BCUT2D eigenvalue weighted by Gasteiger charge is -2.41. The lowest BCUT2D eigenvalue weighted by molar-refractivity contribution is -0.00000281. The largest absolute Gasteiger partial charge is 0.444 e. The van der Waals surface area contributed by atoms with Crippen LogP contribution in [0.5, 0.6) is 0 Å². The average molecular weight is 387 g/mol. The van der Waals surface area contributed by atoms with Crippen LogP contribution in [-0.2, 0) is 4.74 Å². The molecule has 1 heterocycles. The van der Waals surface area contributed by atoms with Crippen LogP contribution in [0.3, 0.4) is 0 Å². The highest BCUT2D eigenvalue weighted by atomic mass is 79.9. The maximum atomic E-state index is 12.6. The molecule has 0 aromatic heterocycles. The summed E-state index contributed by atoms with van der Waals surface area (Å²) in [5.41, 5.74) is -0.430. The molecule has 23 heavy (non-hydrogen) atoms. The quantitative estimate of drug-likeness (QED) is 0.775. The molecule has 2 aliphatic rings. The standard InChI is InChI=1S/C18H31BrN2O2/c1-13(19)12-20-15-9-7-8-14(15)16-10-5-6-11-21(16)17(22)23-18(2,3)4/h14-16,20H,1,5-12H2,2-4H3. The van der Waals surface area contributed by atoms with Crippen LogP contribution in [0.25, 0.3) is 0 Å². The summed E-state index contributed by atoms with van der Waals surface area (Å²) in [6.45, 7) is 11.3. The minimum atomic E-state index is -0.430. The zero-order valence-electron chi connectivity index (χ0n) is 14.7. The van der Waals surface area contributed by atoms with Crippen molar-refractivity contribution in [3.63, 3.8) is 0 Å². The van der Waals surface area contributed by atoms with E-state index >= 15 is 0 Å². The normalized spacial score (nSPS) is 28.7. The van der Waals surface area contributed by atoms with E-state index in [-0.39, 0.29) is 6.09 Å². The number of nitrogens with one attached hydrogen (secondary N) is 1. The predicted octanol–water partition coefficient (Wildman–Crippen LogP) is 4.44. The van der Waals surface area contributed by atoms with E-state index in [1.807, 2.05) is 25.7 Å². The molecular formula is C18H31BrN2O2. The molecule has 1 saturated carbocycles. The van der Waals surface area contributed by atoms with Gasteiger partial charge in [-0.15, -0.1) is 0 Å². The molecular weight excluding hydrogens is 356 g/mol. The number of halogens is 1. The summed E-state index contributed by atoms with van der Waals surface area (Å²) in [6, 6.07) is 0.777. The molecule has 1 saturated heterocycles. The third kappa shape index (κ3) is 5.49. The van der Waals surface area contributed by atoms with Gasteiger partial charge in [0, 0.05) is 29.7 Å².